The zero-order valence-corrected chi connectivity index (χ0v) is 14.1. The van der Waals surface area contributed by atoms with Gasteiger partial charge in [0.05, 0.1) is 25.3 Å². The quantitative estimate of drug-likeness (QED) is 0.916. The maximum absolute atomic E-state index is 12.4. The number of amides is 1. The molecule has 126 valence electrons. The lowest BCUT2D eigenvalue weighted by Crippen LogP contribution is -2.53. The molecular weight excluding hydrogens is 328 g/mol. The zero-order chi connectivity index (χ0) is 17.1. The molecule has 1 aromatic heterocycles. The number of aryl methyl sites for hydroxylation is 1. The molecule has 6 nitrogen and oxygen atoms in total. The topological polar surface area (TPSA) is 79.7 Å². The average Bonchev–Trinajstić information content (AvgIpc) is 3.04. The fourth-order valence-electron chi connectivity index (χ4n) is 2.58. The molecule has 2 heterocycles. The molecule has 1 aromatic carbocycles. The lowest BCUT2D eigenvalue weighted by Gasteiger charge is -2.32. The molecule has 3 rings (SSSR count). The first kappa shape index (κ1) is 16.6. The van der Waals surface area contributed by atoms with Crippen LogP contribution < -0.4 is 0 Å². The maximum atomic E-state index is 12.4. The number of ether oxygens (including phenoxy) is 1. The van der Waals surface area contributed by atoms with Crippen molar-refractivity contribution in [2.24, 2.45) is 0 Å². The number of carbonyl (C=O) groups is 2. The van der Waals surface area contributed by atoms with Crippen molar-refractivity contribution in [2.75, 3.05) is 19.8 Å². The van der Waals surface area contributed by atoms with Crippen molar-refractivity contribution in [1.29, 1.82) is 0 Å². The molecule has 24 heavy (non-hydrogen) atoms. The van der Waals surface area contributed by atoms with E-state index in [2.05, 4.69) is 4.98 Å². The number of morpholine rings is 1. The summed E-state index contributed by atoms with van der Waals surface area (Å²) in [7, 11) is 0. The molecule has 0 saturated carbocycles. The third-order valence-electron chi connectivity index (χ3n) is 3.92. The van der Waals surface area contributed by atoms with E-state index >= 15 is 0 Å². The van der Waals surface area contributed by atoms with E-state index in [0.717, 1.165) is 10.6 Å². The first-order valence-electron chi connectivity index (χ1n) is 7.66. The Morgan fingerprint density at radius 2 is 2.12 bits per heavy atom. The van der Waals surface area contributed by atoms with Crippen molar-refractivity contribution >= 4 is 23.2 Å². The number of nitrogens with zero attached hydrogens (tertiary/aromatic N) is 2. The number of aromatic nitrogens is 1. The highest BCUT2D eigenvalue weighted by Gasteiger charge is 2.32. The predicted octanol–water partition coefficient (Wildman–Crippen LogP) is 1.97. The van der Waals surface area contributed by atoms with Gasteiger partial charge in [0.15, 0.2) is 6.04 Å². The van der Waals surface area contributed by atoms with Crippen LogP contribution in [0, 0.1) is 6.92 Å². The molecule has 1 atom stereocenters. The number of carboxylic acid groups (broad SMARTS) is 1. The van der Waals surface area contributed by atoms with Gasteiger partial charge in [0.2, 0.25) is 5.91 Å². The second-order valence-corrected chi connectivity index (χ2v) is 6.56. The predicted molar refractivity (Wildman–Crippen MR) is 89.9 cm³/mol. The second-order valence-electron chi connectivity index (χ2n) is 5.70. The number of carboxylic acids is 1. The largest absolute Gasteiger partial charge is 0.480 e. The molecular formula is C17H18N2O4S. The van der Waals surface area contributed by atoms with Crippen molar-refractivity contribution in [1.82, 2.24) is 9.88 Å². The molecule has 1 unspecified atom stereocenters. The number of benzene rings is 1. The summed E-state index contributed by atoms with van der Waals surface area (Å²) in [5.74, 6) is -1.27. The van der Waals surface area contributed by atoms with Gasteiger partial charge in [-0.25, -0.2) is 9.78 Å². The molecule has 0 radical (unpaired) electrons. The Morgan fingerprint density at radius 3 is 2.83 bits per heavy atom. The molecule has 7 heteroatoms. The standard InChI is InChI=1S/C17H18N2O4S/c1-11-2-4-12(5-3-11)16-18-13(10-24-16)8-15(20)19-6-7-23-9-14(19)17(21)22/h2-5,10,14H,6-9H2,1H3,(H,21,22). The molecule has 1 aliphatic heterocycles. The monoisotopic (exact) mass is 346 g/mol. The summed E-state index contributed by atoms with van der Waals surface area (Å²) in [6, 6.07) is 7.13. The number of hydrogen-bond acceptors (Lipinski definition) is 5. The molecule has 1 amide bonds. The Morgan fingerprint density at radius 1 is 1.38 bits per heavy atom. The van der Waals surface area contributed by atoms with Gasteiger partial charge in [-0.05, 0) is 6.92 Å². The van der Waals surface area contributed by atoms with Gasteiger partial charge in [-0.1, -0.05) is 29.8 Å². The maximum Gasteiger partial charge on any atom is 0.328 e. The molecule has 1 saturated heterocycles. The fraction of sp³-hybridized carbons (Fsp3) is 0.353. The van der Waals surface area contributed by atoms with Gasteiger partial charge >= 0.3 is 5.97 Å². The Labute approximate surface area is 143 Å². The van der Waals surface area contributed by atoms with Crippen LogP contribution in [0.25, 0.3) is 10.6 Å². The minimum absolute atomic E-state index is 0.0345. The van der Waals surface area contributed by atoms with E-state index in [9.17, 15) is 14.7 Å². The van der Waals surface area contributed by atoms with Gasteiger partial charge in [-0.2, -0.15) is 0 Å². The lowest BCUT2D eigenvalue weighted by atomic mass is 10.1. The summed E-state index contributed by atoms with van der Waals surface area (Å²) in [6.07, 6.45) is 0.103. The van der Waals surface area contributed by atoms with Crippen molar-refractivity contribution in [3.8, 4) is 10.6 Å². The Kier molecular flexibility index (Phi) is 4.92. The van der Waals surface area contributed by atoms with Gasteiger partial charge in [0.1, 0.15) is 5.01 Å². The number of thiazole rings is 1. The SMILES string of the molecule is Cc1ccc(-c2nc(CC(=O)N3CCOCC3C(=O)O)cs2)cc1. The fourth-order valence-corrected chi connectivity index (χ4v) is 3.41. The highest BCUT2D eigenvalue weighted by molar-refractivity contribution is 7.13. The Balaban J connectivity index is 1.70. The van der Waals surface area contributed by atoms with Crippen LogP contribution in [0.5, 0.6) is 0 Å². The van der Waals surface area contributed by atoms with Crippen LogP contribution in [0.1, 0.15) is 11.3 Å². The summed E-state index contributed by atoms with van der Waals surface area (Å²) in [5, 5.41) is 11.9. The Hall–Kier alpha value is -2.25. The van der Waals surface area contributed by atoms with Crippen LogP contribution in [0.15, 0.2) is 29.6 Å². The van der Waals surface area contributed by atoms with Crippen LogP contribution in [0.3, 0.4) is 0 Å². The smallest absolute Gasteiger partial charge is 0.328 e. The summed E-state index contributed by atoms with van der Waals surface area (Å²) in [4.78, 5) is 29.6. The molecule has 0 bridgehead atoms. The minimum atomic E-state index is -1.04. The normalized spacial score (nSPS) is 17.7. The third kappa shape index (κ3) is 3.63. The lowest BCUT2D eigenvalue weighted by molar-refractivity contribution is -0.158. The van der Waals surface area contributed by atoms with Gasteiger partial charge in [0.25, 0.3) is 0 Å². The Bertz CT molecular complexity index is 741. The third-order valence-corrected chi connectivity index (χ3v) is 4.86. The second kappa shape index (κ2) is 7.11. The van der Waals surface area contributed by atoms with Crippen molar-refractivity contribution in [2.45, 2.75) is 19.4 Å². The first-order valence-corrected chi connectivity index (χ1v) is 8.54. The van der Waals surface area contributed by atoms with Crippen LogP contribution in [0.2, 0.25) is 0 Å². The number of rotatable bonds is 4. The molecule has 1 fully saturated rings. The van der Waals surface area contributed by atoms with E-state index < -0.39 is 12.0 Å². The minimum Gasteiger partial charge on any atom is -0.480 e. The highest BCUT2D eigenvalue weighted by Crippen LogP contribution is 2.24. The van der Waals surface area contributed by atoms with E-state index in [1.165, 1.54) is 21.8 Å². The first-order chi connectivity index (χ1) is 11.5. The number of hydrogen-bond donors (Lipinski definition) is 1. The van der Waals surface area contributed by atoms with Gasteiger partial charge in [0, 0.05) is 17.5 Å². The van der Waals surface area contributed by atoms with Crippen LogP contribution in [0.4, 0.5) is 0 Å². The van der Waals surface area contributed by atoms with E-state index in [1.54, 1.807) is 0 Å². The van der Waals surface area contributed by atoms with Gasteiger partial charge in [-0.15, -0.1) is 11.3 Å². The summed E-state index contributed by atoms with van der Waals surface area (Å²) in [5.41, 5.74) is 2.85. The van der Waals surface area contributed by atoms with Crippen LogP contribution >= 0.6 is 11.3 Å². The molecule has 2 aromatic rings. The molecule has 0 spiro atoms. The van der Waals surface area contributed by atoms with E-state index in [4.69, 9.17) is 4.74 Å². The average molecular weight is 346 g/mol. The van der Waals surface area contributed by atoms with Gasteiger partial charge in [-0.3, -0.25) is 4.79 Å². The highest BCUT2D eigenvalue weighted by atomic mass is 32.1. The number of aliphatic carboxylic acids is 1. The van der Waals surface area contributed by atoms with Crippen molar-refractivity contribution in [3.63, 3.8) is 0 Å². The molecule has 0 aliphatic carbocycles. The summed E-state index contributed by atoms with van der Waals surface area (Å²) >= 11 is 1.48. The van der Waals surface area contributed by atoms with E-state index in [-0.39, 0.29) is 18.9 Å². The molecule has 1 N–H and O–H groups in total. The summed E-state index contributed by atoms with van der Waals surface area (Å²) < 4.78 is 5.16. The van der Waals surface area contributed by atoms with Crippen molar-refractivity contribution in [3.05, 3.63) is 40.9 Å². The van der Waals surface area contributed by atoms with Crippen molar-refractivity contribution < 1.29 is 19.4 Å². The zero-order valence-electron chi connectivity index (χ0n) is 13.3. The number of carbonyl (C=O) groups excluding carboxylic acids is 1. The van der Waals surface area contributed by atoms with E-state index in [1.807, 2.05) is 36.6 Å². The molecule has 1 aliphatic rings. The van der Waals surface area contributed by atoms with Gasteiger partial charge < -0.3 is 14.7 Å². The summed E-state index contributed by atoms with van der Waals surface area (Å²) in [6.45, 7) is 2.72. The van der Waals surface area contributed by atoms with Crippen LogP contribution in [-0.4, -0.2) is 52.7 Å². The van der Waals surface area contributed by atoms with Crippen LogP contribution in [-0.2, 0) is 20.7 Å². The van der Waals surface area contributed by atoms with E-state index in [0.29, 0.717) is 18.8 Å².